The third kappa shape index (κ3) is 2.14. The Kier molecular flexibility index (Phi) is 3.36. The number of hydrogen-bond acceptors (Lipinski definition) is 3. The highest BCUT2D eigenvalue weighted by Gasteiger charge is 2.31. The zero-order valence-corrected chi connectivity index (χ0v) is 10.5. The van der Waals surface area contributed by atoms with E-state index in [0.29, 0.717) is 0 Å². The van der Waals surface area contributed by atoms with E-state index in [1.807, 2.05) is 13.0 Å². The largest absolute Gasteiger partial charge is 0.497 e. The molecule has 3 heteroatoms. The number of fused-ring (bicyclic) bond motifs is 1. The van der Waals surface area contributed by atoms with Crippen LogP contribution in [0.25, 0.3) is 0 Å². The number of benzene rings is 1. The van der Waals surface area contributed by atoms with E-state index in [4.69, 9.17) is 9.47 Å². The molecule has 0 bridgehead atoms. The molecule has 0 radical (unpaired) electrons. The lowest BCUT2D eigenvalue weighted by atomic mass is 9.89. The van der Waals surface area contributed by atoms with Gasteiger partial charge < -0.3 is 9.47 Å². The van der Waals surface area contributed by atoms with Crippen LogP contribution in [0.15, 0.2) is 18.2 Å². The summed E-state index contributed by atoms with van der Waals surface area (Å²) in [5.41, 5.74) is 2.56. The predicted octanol–water partition coefficient (Wildman–Crippen LogP) is 2.53. The van der Waals surface area contributed by atoms with Crippen molar-refractivity contribution >= 4 is 5.97 Å². The summed E-state index contributed by atoms with van der Waals surface area (Å²) in [5, 5.41) is 0. The van der Waals surface area contributed by atoms with Crippen LogP contribution in [0.5, 0.6) is 5.75 Å². The summed E-state index contributed by atoms with van der Waals surface area (Å²) in [6, 6.07) is 6.10. The van der Waals surface area contributed by atoms with Crippen molar-refractivity contribution in [3.8, 4) is 5.75 Å². The number of hydrogen-bond donors (Lipinski definition) is 0. The highest BCUT2D eigenvalue weighted by molar-refractivity contribution is 5.73. The molecule has 1 aliphatic rings. The average Bonchev–Trinajstić information content (AvgIpc) is 2.79. The van der Waals surface area contributed by atoms with Gasteiger partial charge in [0.15, 0.2) is 0 Å². The summed E-state index contributed by atoms with van der Waals surface area (Å²) >= 11 is 0. The summed E-state index contributed by atoms with van der Waals surface area (Å²) in [7, 11) is 3.12. The molecule has 0 unspecified atom stereocenters. The molecular weight excluding hydrogens is 216 g/mol. The van der Waals surface area contributed by atoms with Crippen molar-refractivity contribution in [2.45, 2.75) is 25.7 Å². The van der Waals surface area contributed by atoms with Gasteiger partial charge in [-0.15, -0.1) is 0 Å². The minimum Gasteiger partial charge on any atom is -0.497 e. The molecule has 0 aromatic heterocycles. The number of aryl methyl sites for hydroxylation is 1. The summed E-state index contributed by atoms with van der Waals surface area (Å²) in [5.74, 6) is 0.965. The van der Waals surface area contributed by atoms with Crippen LogP contribution >= 0.6 is 0 Å². The van der Waals surface area contributed by atoms with Crippen molar-refractivity contribution in [2.24, 2.45) is 5.92 Å². The highest BCUT2D eigenvalue weighted by Crippen LogP contribution is 2.40. The lowest BCUT2D eigenvalue weighted by molar-refractivity contribution is -0.145. The van der Waals surface area contributed by atoms with E-state index >= 15 is 0 Å². The second-order valence-corrected chi connectivity index (χ2v) is 4.52. The van der Waals surface area contributed by atoms with Gasteiger partial charge in [-0.1, -0.05) is 13.0 Å². The Bertz CT molecular complexity index is 425. The SMILES string of the molecule is COC(=O)[C@H](C)[C@H]1CCc2cc(OC)ccc21. The molecule has 0 fully saturated rings. The first-order valence-electron chi connectivity index (χ1n) is 5.92. The Morgan fingerprint density at radius 3 is 2.82 bits per heavy atom. The van der Waals surface area contributed by atoms with Crippen molar-refractivity contribution in [3.63, 3.8) is 0 Å². The van der Waals surface area contributed by atoms with Crippen LogP contribution in [0.4, 0.5) is 0 Å². The molecule has 1 aliphatic carbocycles. The van der Waals surface area contributed by atoms with E-state index in [1.165, 1.54) is 18.2 Å². The standard InChI is InChI=1S/C14H18O3/c1-9(14(15)17-3)12-6-4-10-8-11(16-2)5-7-13(10)12/h5,7-9,12H,4,6H2,1-3H3/t9-,12-/m1/s1. The molecule has 3 nitrogen and oxygen atoms in total. The summed E-state index contributed by atoms with van der Waals surface area (Å²) in [6.07, 6.45) is 2.03. The van der Waals surface area contributed by atoms with Crippen molar-refractivity contribution < 1.29 is 14.3 Å². The maximum absolute atomic E-state index is 11.6. The fourth-order valence-corrected chi connectivity index (χ4v) is 2.62. The Balaban J connectivity index is 2.25. The van der Waals surface area contributed by atoms with Crippen molar-refractivity contribution in [3.05, 3.63) is 29.3 Å². The number of carbonyl (C=O) groups is 1. The van der Waals surface area contributed by atoms with E-state index in [1.54, 1.807) is 7.11 Å². The molecule has 2 atom stereocenters. The van der Waals surface area contributed by atoms with Gasteiger partial charge in [-0.2, -0.15) is 0 Å². The van der Waals surface area contributed by atoms with Gasteiger partial charge in [-0.25, -0.2) is 0 Å². The van der Waals surface area contributed by atoms with Gasteiger partial charge in [0.2, 0.25) is 0 Å². The van der Waals surface area contributed by atoms with E-state index in [9.17, 15) is 4.79 Å². The summed E-state index contributed by atoms with van der Waals surface area (Å²) in [4.78, 5) is 11.6. The third-order valence-corrected chi connectivity index (χ3v) is 3.65. The van der Waals surface area contributed by atoms with E-state index < -0.39 is 0 Å². The smallest absolute Gasteiger partial charge is 0.308 e. The molecule has 0 saturated heterocycles. The van der Waals surface area contributed by atoms with Gasteiger partial charge in [-0.3, -0.25) is 4.79 Å². The summed E-state index contributed by atoms with van der Waals surface area (Å²) < 4.78 is 10.0. The van der Waals surface area contributed by atoms with Crippen LogP contribution in [-0.4, -0.2) is 20.2 Å². The number of ether oxygens (including phenoxy) is 2. The van der Waals surface area contributed by atoms with Crippen molar-refractivity contribution in [2.75, 3.05) is 14.2 Å². The molecule has 17 heavy (non-hydrogen) atoms. The van der Waals surface area contributed by atoms with E-state index in [2.05, 4.69) is 12.1 Å². The Morgan fingerprint density at radius 1 is 1.41 bits per heavy atom. The second-order valence-electron chi connectivity index (χ2n) is 4.52. The number of carbonyl (C=O) groups excluding carboxylic acids is 1. The topological polar surface area (TPSA) is 35.5 Å². The highest BCUT2D eigenvalue weighted by atomic mass is 16.5. The van der Waals surface area contributed by atoms with Gasteiger partial charge in [0, 0.05) is 0 Å². The maximum Gasteiger partial charge on any atom is 0.308 e. The predicted molar refractivity (Wildman–Crippen MR) is 65.2 cm³/mol. The first-order chi connectivity index (χ1) is 8.17. The zero-order valence-electron chi connectivity index (χ0n) is 10.5. The Morgan fingerprint density at radius 2 is 2.18 bits per heavy atom. The van der Waals surface area contributed by atoms with Crippen LogP contribution in [0.2, 0.25) is 0 Å². The van der Waals surface area contributed by atoms with Gasteiger partial charge in [0.25, 0.3) is 0 Å². The number of esters is 1. The molecule has 0 aliphatic heterocycles. The Hall–Kier alpha value is -1.51. The molecule has 1 aromatic rings. The van der Waals surface area contributed by atoms with Crippen LogP contribution in [0.3, 0.4) is 0 Å². The van der Waals surface area contributed by atoms with Gasteiger partial charge >= 0.3 is 5.97 Å². The molecule has 92 valence electrons. The van der Waals surface area contributed by atoms with Gasteiger partial charge in [0.05, 0.1) is 20.1 Å². The first kappa shape index (κ1) is 12.0. The minimum atomic E-state index is -0.126. The van der Waals surface area contributed by atoms with Gasteiger partial charge in [-0.05, 0) is 42.0 Å². The summed E-state index contributed by atoms with van der Waals surface area (Å²) in [6.45, 7) is 1.94. The van der Waals surface area contributed by atoms with Crippen LogP contribution in [0, 0.1) is 5.92 Å². The molecule has 1 aromatic carbocycles. The lowest BCUT2D eigenvalue weighted by Crippen LogP contribution is -2.19. The first-order valence-corrected chi connectivity index (χ1v) is 5.92. The normalized spacial score (nSPS) is 19.6. The van der Waals surface area contributed by atoms with Crippen LogP contribution in [0.1, 0.15) is 30.4 Å². The number of rotatable bonds is 3. The lowest BCUT2D eigenvalue weighted by Gasteiger charge is -2.18. The fraction of sp³-hybridized carbons (Fsp3) is 0.500. The third-order valence-electron chi connectivity index (χ3n) is 3.65. The Labute approximate surface area is 102 Å². The fourth-order valence-electron chi connectivity index (χ4n) is 2.62. The van der Waals surface area contributed by atoms with Crippen molar-refractivity contribution in [1.29, 1.82) is 0 Å². The molecular formula is C14H18O3. The second kappa shape index (κ2) is 4.78. The zero-order chi connectivity index (χ0) is 12.4. The molecule has 2 rings (SSSR count). The molecule has 0 saturated carbocycles. The van der Waals surface area contributed by atoms with E-state index in [0.717, 1.165) is 18.6 Å². The average molecular weight is 234 g/mol. The monoisotopic (exact) mass is 234 g/mol. The number of methoxy groups -OCH3 is 2. The van der Waals surface area contributed by atoms with Crippen LogP contribution < -0.4 is 4.74 Å². The maximum atomic E-state index is 11.6. The molecule has 0 spiro atoms. The van der Waals surface area contributed by atoms with Crippen molar-refractivity contribution in [1.82, 2.24) is 0 Å². The molecule has 0 heterocycles. The van der Waals surface area contributed by atoms with Crippen LogP contribution in [-0.2, 0) is 16.0 Å². The minimum absolute atomic E-state index is 0.0744. The van der Waals surface area contributed by atoms with Gasteiger partial charge in [0.1, 0.15) is 5.75 Å². The molecule has 0 amide bonds. The molecule has 0 N–H and O–H groups in total. The quantitative estimate of drug-likeness (QED) is 0.754. The van der Waals surface area contributed by atoms with E-state index in [-0.39, 0.29) is 17.8 Å².